The third kappa shape index (κ3) is 5.33. The Bertz CT molecular complexity index is 381. The van der Waals surface area contributed by atoms with E-state index in [9.17, 15) is 0 Å². The van der Waals surface area contributed by atoms with Crippen LogP contribution in [0.1, 0.15) is 57.1 Å². The quantitative estimate of drug-likeness (QED) is 0.634. The molecule has 0 spiro atoms. The minimum absolute atomic E-state index is 0.272. The van der Waals surface area contributed by atoms with Gasteiger partial charge in [0.1, 0.15) is 0 Å². The molecule has 0 radical (unpaired) electrons. The molecule has 0 bridgehead atoms. The van der Waals surface area contributed by atoms with Gasteiger partial charge in [-0.2, -0.15) is 5.26 Å². The number of hydrogen-bond donors (Lipinski definition) is 0. The van der Waals surface area contributed by atoms with Crippen LogP contribution < -0.4 is 0 Å². The van der Waals surface area contributed by atoms with Gasteiger partial charge in [0.15, 0.2) is 0 Å². The molecule has 1 rings (SSSR count). The van der Waals surface area contributed by atoms with Crippen molar-refractivity contribution < 1.29 is 4.74 Å². The molecule has 2 nitrogen and oxygen atoms in total. The molecule has 0 fully saturated rings. The average Bonchev–Trinajstić information content (AvgIpc) is 2.41. The molecule has 0 aliphatic rings. The van der Waals surface area contributed by atoms with E-state index in [2.05, 4.69) is 19.9 Å². The molecular weight excluding hydrogens is 222 g/mol. The van der Waals surface area contributed by atoms with E-state index < -0.39 is 0 Å². The Labute approximate surface area is 111 Å². The highest BCUT2D eigenvalue weighted by molar-refractivity contribution is 5.36. The van der Waals surface area contributed by atoms with E-state index in [1.807, 2.05) is 24.3 Å². The topological polar surface area (TPSA) is 33.0 Å². The number of nitriles is 1. The SMILES string of the molecule is CCCCCCC(C)OCc1ccccc1C#N. The second-order valence-electron chi connectivity index (χ2n) is 4.74. The van der Waals surface area contributed by atoms with Gasteiger partial charge in [-0.1, -0.05) is 50.8 Å². The van der Waals surface area contributed by atoms with E-state index in [4.69, 9.17) is 10.00 Å². The smallest absolute Gasteiger partial charge is 0.0995 e. The molecule has 1 aromatic rings. The van der Waals surface area contributed by atoms with Crippen LogP contribution in [0.25, 0.3) is 0 Å². The molecule has 0 N–H and O–H groups in total. The van der Waals surface area contributed by atoms with Crippen LogP contribution in [-0.2, 0) is 11.3 Å². The van der Waals surface area contributed by atoms with E-state index in [1.165, 1.54) is 25.7 Å². The first-order valence-corrected chi connectivity index (χ1v) is 6.87. The lowest BCUT2D eigenvalue weighted by molar-refractivity contribution is 0.0458. The molecule has 0 saturated carbocycles. The lowest BCUT2D eigenvalue weighted by Crippen LogP contribution is -2.08. The van der Waals surface area contributed by atoms with Crippen LogP contribution in [-0.4, -0.2) is 6.10 Å². The second kappa shape index (κ2) is 8.72. The molecule has 1 aromatic carbocycles. The first kappa shape index (κ1) is 14.7. The van der Waals surface area contributed by atoms with Crippen molar-refractivity contribution in [3.8, 4) is 6.07 Å². The van der Waals surface area contributed by atoms with Crippen molar-refractivity contribution in [2.75, 3.05) is 0 Å². The highest BCUT2D eigenvalue weighted by atomic mass is 16.5. The summed E-state index contributed by atoms with van der Waals surface area (Å²) in [5.74, 6) is 0. The maximum absolute atomic E-state index is 8.98. The molecule has 0 saturated heterocycles. The summed E-state index contributed by atoms with van der Waals surface area (Å²) in [5, 5.41) is 8.98. The Hall–Kier alpha value is -1.33. The molecule has 0 amide bonds. The molecule has 1 atom stereocenters. The fourth-order valence-electron chi connectivity index (χ4n) is 1.93. The van der Waals surface area contributed by atoms with Gasteiger partial charge in [0, 0.05) is 0 Å². The Kier molecular flexibility index (Phi) is 7.13. The summed E-state index contributed by atoms with van der Waals surface area (Å²) in [6.45, 7) is 4.87. The van der Waals surface area contributed by atoms with Gasteiger partial charge in [-0.15, -0.1) is 0 Å². The predicted octanol–water partition coefficient (Wildman–Crippen LogP) is 4.43. The highest BCUT2D eigenvalue weighted by Crippen LogP contribution is 2.13. The van der Waals surface area contributed by atoms with Crippen LogP contribution in [0, 0.1) is 11.3 Å². The Morgan fingerprint density at radius 2 is 2.00 bits per heavy atom. The summed E-state index contributed by atoms with van der Waals surface area (Å²) >= 11 is 0. The summed E-state index contributed by atoms with van der Waals surface area (Å²) in [5.41, 5.74) is 1.70. The molecular formula is C16H23NO. The third-order valence-corrected chi connectivity index (χ3v) is 3.13. The van der Waals surface area contributed by atoms with Crippen LogP contribution in [0.15, 0.2) is 24.3 Å². The van der Waals surface area contributed by atoms with Crippen LogP contribution in [0.4, 0.5) is 0 Å². The van der Waals surface area contributed by atoms with Crippen LogP contribution in [0.5, 0.6) is 0 Å². The maximum Gasteiger partial charge on any atom is 0.0995 e. The maximum atomic E-state index is 8.98. The largest absolute Gasteiger partial charge is 0.374 e. The van der Waals surface area contributed by atoms with Gasteiger partial charge in [-0.25, -0.2) is 0 Å². The zero-order valence-corrected chi connectivity index (χ0v) is 11.5. The van der Waals surface area contributed by atoms with Crippen molar-refractivity contribution in [3.05, 3.63) is 35.4 Å². The number of unbranched alkanes of at least 4 members (excludes halogenated alkanes) is 3. The summed E-state index contributed by atoms with van der Waals surface area (Å²) in [6, 6.07) is 9.83. The first-order chi connectivity index (χ1) is 8.77. The molecule has 18 heavy (non-hydrogen) atoms. The van der Waals surface area contributed by atoms with E-state index in [-0.39, 0.29) is 6.10 Å². The van der Waals surface area contributed by atoms with E-state index in [0.717, 1.165) is 17.5 Å². The van der Waals surface area contributed by atoms with Crippen molar-refractivity contribution in [1.82, 2.24) is 0 Å². The first-order valence-electron chi connectivity index (χ1n) is 6.87. The molecule has 0 heterocycles. The number of rotatable bonds is 8. The van der Waals surface area contributed by atoms with E-state index >= 15 is 0 Å². The molecule has 0 aromatic heterocycles. The fraction of sp³-hybridized carbons (Fsp3) is 0.562. The van der Waals surface area contributed by atoms with Crippen molar-refractivity contribution in [1.29, 1.82) is 5.26 Å². The van der Waals surface area contributed by atoms with Gasteiger partial charge in [0.25, 0.3) is 0 Å². The average molecular weight is 245 g/mol. The summed E-state index contributed by atoms with van der Waals surface area (Å²) in [7, 11) is 0. The standard InChI is InChI=1S/C16H23NO/c1-3-4-5-6-9-14(2)18-13-16-11-8-7-10-15(16)12-17/h7-8,10-11,14H,3-6,9,13H2,1-2H3. The number of hydrogen-bond acceptors (Lipinski definition) is 2. The van der Waals surface area contributed by atoms with Gasteiger partial charge >= 0.3 is 0 Å². The minimum atomic E-state index is 0.272. The third-order valence-electron chi connectivity index (χ3n) is 3.13. The van der Waals surface area contributed by atoms with Crippen LogP contribution in [0.2, 0.25) is 0 Å². The fourth-order valence-corrected chi connectivity index (χ4v) is 1.93. The summed E-state index contributed by atoms with van der Waals surface area (Å²) in [6.07, 6.45) is 6.48. The normalized spacial score (nSPS) is 12.1. The molecule has 98 valence electrons. The molecule has 1 unspecified atom stereocenters. The lowest BCUT2D eigenvalue weighted by Gasteiger charge is -2.13. The zero-order chi connectivity index (χ0) is 13.2. The van der Waals surface area contributed by atoms with Crippen molar-refractivity contribution >= 4 is 0 Å². The van der Waals surface area contributed by atoms with Crippen LogP contribution >= 0.6 is 0 Å². The summed E-state index contributed by atoms with van der Waals surface area (Å²) in [4.78, 5) is 0. The van der Waals surface area contributed by atoms with Gasteiger partial charge < -0.3 is 4.74 Å². The highest BCUT2D eigenvalue weighted by Gasteiger charge is 2.05. The Balaban J connectivity index is 2.29. The molecule has 0 aliphatic carbocycles. The molecule has 2 heteroatoms. The number of nitrogens with zero attached hydrogens (tertiary/aromatic N) is 1. The predicted molar refractivity (Wildman–Crippen MR) is 74.2 cm³/mol. The van der Waals surface area contributed by atoms with E-state index in [0.29, 0.717) is 6.61 Å². The van der Waals surface area contributed by atoms with E-state index in [1.54, 1.807) is 0 Å². The monoisotopic (exact) mass is 245 g/mol. The van der Waals surface area contributed by atoms with Crippen molar-refractivity contribution in [2.45, 2.75) is 58.7 Å². The number of benzene rings is 1. The summed E-state index contributed by atoms with van der Waals surface area (Å²) < 4.78 is 5.80. The zero-order valence-electron chi connectivity index (χ0n) is 11.5. The van der Waals surface area contributed by atoms with Gasteiger partial charge in [0.2, 0.25) is 0 Å². The van der Waals surface area contributed by atoms with Crippen molar-refractivity contribution in [2.24, 2.45) is 0 Å². The van der Waals surface area contributed by atoms with Gasteiger partial charge in [-0.05, 0) is 25.0 Å². The second-order valence-corrected chi connectivity index (χ2v) is 4.74. The molecule has 0 aliphatic heterocycles. The lowest BCUT2D eigenvalue weighted by atomic mass is 10.1. The number of ether oxygens (including phenoxy) is 1. The van der Waals surface area contributed by atoms with Crippen molar-refractivity contribution in [3.63, 3.8) is 0 Å². The van der Waals surface area contributed by atoms with Gasteiger partial charge in [0.05, 0.1) is 24.3 Å². The Morgan fingerprint density at radius 1 is 1.22 bits per heavy atom. The van der Waals surface area contributed by atoms with Gasteiger partial charge in [-0.3, -0.25) is 0 Å². The Morgan fingerprint density at radius 3 is 2.72 bits per heavy atom. The van der Waals surface area contributed by atoms with Crippen LogP contribution in [0.3, 0.4) is 0 Å². The minimum Gasteiger partial charge on any atom is -0.374 e.